The molecule has 0 saturated carbocycles. The van der Waals surface area contributed by atoms with Crippen molar-refractivity contribution >= 4 is 21.7 Å². The van der Waals surface area contributed by atoms with Crippen LogP contribution in [0.15, 0.2) is 22.7 Å². The van der Waals surface area contributed by atoms with Crippen molar-refractivity contribution in [2.75, 3.05) is 0 Å². The van der Waals surface area contributed by atoms with Gasteiger partial charge in [0.25, 0.3) is 0 Å². The third-order valence-corrected chi connectivity index (χ3v) is 2.51. The molecule has 0 aliphatic carbocycles. The van der Waals surface area contributed by atoms with Gasteiger partial charge in [-0.1, -0.05) is 22.9 Å². The fraction of sp³-hybridized carbons (Fsp3) is 0.364. The van der Waals surface area contributed by atoms with Crippen LogP contribution in [0.2, 0.25) is 0 Å². The SMILES string of the molecule is CCCC(=O)c1ccc(Br)cc1CO. The standard InChI is InChI=1S/C11H13BrO2/c1-2-3-11(14)10-5-4-9(12)6-8(10)7-13/h4-6,13H,2-3,7H2,1H3. The van der Waals surface area contributed by atoms with Crippen LogP contribution in [0.25, 0.3) is 0 Å². The van der Waals surface area contributed by atoms with Crippen molar-refractivity contribution in [3.8, 4) is 0 Å². The van der Waals surface area contributed by atoms with Crippen LogP contribution >= 0.6 is 15.9 Å². The Morgan fingerprint density at radius 1 is 1.50 bits per heavy atom. The number of rotatable bonds is 4. The zero-order chi connectivity index (χ0) is 10.6. The van der Waals surface area contributed by atoms with E-state index in [2.05, 4.69) is 15.9 Å². The average Bonchev–Trinajstić information content (AvgIpc) is 2.17. The van der Waals surface area contributed by atoms with Crippen LogP contribution in [0.3, 0.4) is 0 Å². The molecule has 0 fully saturated rings. The minimum absolute atomic E-state index is 0.0930. The van der Waals surface area contributed by atoms with Crippen LogP contribution in [0, 0.1) is 0 Å². The Morgan fingerprint density at radius 3 is 2.79 bits per heavy atom. The van der Waals surface area contributed by atoms with Gasteiger partial charge in [0.05, 0.1) is 6.61 Å². The smallest absolute Gasteiger partial charge is 0.163 e. The van der Waals surface area contributed by atoms with E-state index >= 15 is 0 Å². The summed E-state index contributed by atoms with van der Waals surface area (Å²) in [6.45, 7) is 1.87. The average molecular weight is 257 g/mol. The molecule has 0 heterocycles. The number of aliphatic hydroxyl groups excluding tert-OH is 1. The van der Waals surface area contributed by atoms with Gasteiger partial charge in [0.15, 0.2) is 5.78 Å². The normalized spacial score (nSPS) is 10.2. The van der Waals surface area contributed by atoms with Gasteiger partial charge in [-0.15, -0.1) is 0 Å². The Bertz CT molecular complexity index is 334. The van der Waals surface area contributed by atoms with Gasteiger partial charge in [0.2, 0.25) is 0 Å². The summed E-state index contributed by atoms with van der Waals surface area (Å²) in [7, 11) is 0. The maximum Gasteiger partial charge on any atom is 0.163 e. The van der Waals surface area contributed by atoms with Crippen molar-refractivity contribution in [1.29, 1.82) is 0 Å². The van der Waals surface area contributed by atoms with E-state index in [-0.39, 0.29) is 12.4 Å². The summed E-state index contributed by atoms with van der Waals surface area (Å²) < 4.78 is 0.884. The van der Waals surface area contributed by atoms with Gasteiger partial charge < -0.3 is 5.11 Å². The number of carbonyl (C=O) groups excluding carboxylic acids is 1. The molecule has 0 bridgehead atoms. The first-order valence-corrected chi connectivity index (χ1v) is 5.40. The number of hydrogen-bond acceptors (Lipinski definition) is 2. The van der Waals surface area contributed by atoms with Gasteiger partial charge in [-0.25, -0.2) is 0 Å². The van der Waals surface area contributed by atoms with E-state index in [4.69, 9.17) is 5.11 Å². The number of hydrogen-bond donors (Lipinski definition) is 1. The van der Waals surface area contributed by atoms with Crippen molar-refractivity contribution in [3.63, 3.8) is 0 Å². The lowest BCUT2D eigenvalue weighted by molar-refractivity contribution is 0.0978. The highest BCUT2D eigenvalue weighted by Gasteiger charge is 2.09. The third-order valence-electron chi connectivity index (χ3n) is 2.02. The minimum Gasteiger partial charge on any atom is -0.392 e. The number of Topliss-reactive ketones (excluding diaryl/α,β-unsaturated/α-hetero) is 1. The third kappa shape index (κ3) is 2.66. The first-order valence-electron chi connectivity index (χ1n) is 4.61. The predicted molar refractivity (Wildman–Crippen MR) is 59.3 cm³/mol. The monoisotopic (exact) mass is 256 g/mol. The Morgan fingerprint density at radius 2 is 2.21 bits per heavy atom. The summed E-state index contributed by atoms with van der Waals surface area (Å²) >= 11 is 3.30. The second-order valence-electron chi connectivity index (χ2n) is 3.13. The van der Waals surface area contributed by atoms with Crippen molar-refractivity contribution in [3.05, 3.63) is 33.8 Å². The second kappa shape index (κ2) is 5.27. The zero-order valence-electron chi connectivity index (χ0n) is 8.09. The molecule has 3 heteroatoms. The fourth-order valence-corrected chi connectivity index (χ4v) is 1.74. The molecule has 0 spiro atoms. The second-order valence-corrected chi connectivity index (χ2v) is 4.05. The minimum atomic E-state index is -0.0930. The Labute approximate surface area is 92.1 Å². The lowest BCUT2D eigenvalue weighted by Gasteiger charge is -2.06. The van der Waals surface area contributed by atoms with E-state index in [1.165, 1.54) is 0 Å². The molecular formula is C11H13BrO2. The van der Waals surface area contributed by atoms with Crippen LogP contribution in [0.4, 0.5) is 0 Å². The fourth-order valence-electron chi connectivity index (χ4n) is 1.33. The molecule has 0 unspecified atom stereocenters. The summed E-state index contributed by atoms with van der Waals surface area (Å²) in [4.78, 5) is 11.6. The van der Waals surface area contributed by atoms with Gasteiger partial charge in [-0.3, -0.25) is 4.79 Å². The van der Waals surface area contributed by atoms with Crippen molar-refractivity contribution in [1.82, 2.24) is 0 Å². The molecule has 0 amide bonds. The molecule has 1 aromatic carbocycles. The van der Waals surface area contributed by atoms with E-state index in [0.29, 0.717) is 17.5 Å². The summed E-state index contributed by atoms with van der Waals surface area (Å²) in [5, 5.41) is 9.09. The number of halogens is 1. The van der Waals surface area contributed by atoms with E-state index in [1.54, 1.807) is 12.1 Å². The highest BCUT2D eigenvalue weighted by molar-refractivity contribution is 9.10. The quantitative estimate of drug-likeness (QED) is 0.842. The molecule has 0 aliphatic heterocycles. The molecule has 1 rings (SSSR count). The largest absolute Gasteiger partial charge is 0.392 e. The van der Waals surface area contributed by atoms with Gasteiger partial charge in [-0.05, 0) is 30.2 Å². The van der Waals surface area contributed by atoms with Crippen LogP contribution in [0.1, 0.15) is 35.7 Å². The summed E-state index contributed by atoms with van der Waals surface area (Å²) in [6.07, 6.45) is 1.37. The van der Waals surface area contributed by atoms with Gasteiger partial charge >= 0.3 is 0 Å². The summed E-state index contributed by atoms with van der Waals surface area (Å²) in [5.41, 5.74) is 1.33. The van der Waals surface area contributed by atoms with E-state index < -0.39 is 0 Å². The highest BCUT2D eigenvalue weighted by atomic mass is 79.9. The van der Waals surface area contributed by atoms with E-state index in [9.17, 15) is 4.79 Å². The van der Waals surface area contributed by atoms with Crippen molar-refractivity contribution in [2.24, 2.45) is 0 Å². The Kier molecular flexibility index (Phi) is 4.29. The molecule has 0 saturated heterocycles. The molecule has 14 heavy (non-hydrogen) atoms. The van der Waals surface area contributed by atoms with Crippen LogP contribution in [-0.2, 0) is 6.61 Å². The van der Waals surface area contributed by atoms with Crippen LogP contribution in [0.5, 0.6) is 0 Å². The summed E-state index contributed by atoms with van der Waals surface area (Å²) in [6, 6.07) is 5.36. The van der Waals surface area contributed by atoms with Gasteiger partial charge in [-0.2, -0.15) is 0 Å². The zero-order valence-corrected chi connectivity index (χ0v) is 9.67. The van der Waals surface area contributed by atoms with Crippen molar-refractivity contribution in [2.45, 2.75) is 26.4 Å². The Balaban J connectivity index is 3.01. The number of benzene rings is 1. The first-order chi connectivity index (χ1) is 6.69. The molecule has 0 atom stereocenters. The topological polar surface area (TPSA) is 37.3 Å². The highest BCUT2D eigenvalue weighted by Crippen LogP contribution is 2.18. The summed E-state index contributed by atoms with van der Waals surface area (Å²) in [5.74, 6) is 0.101. The molecule has 0 aromatic heterocycles. The maximum atomic E-state index is 11.6. The molecule has 1 aromatic rings. The lowest BCUT2D eigenvalue weighted by atomic mass is 10.0. The van der Waals surface area contributed by atoms with E-state index in [0.717, 1.165) is 10.9 Å². The number of aliphatic hydroxyl groups is 1. The van der Waals surface area contributed by atoms with Crippen LogP contribution < -0.4 is 0 Å². The van der Waals surface area contributed by atoms with E-state index in [1.807, 2.05) is 13.0 Å². The molecule has 2 nitrogen and oxygen atoms in total. The lowest BCUT2D eigenvalue weighted by Crippen LogP contribution is -2.03. The Hall–Kier alpha value is -0.670. The molecule has 0 aliphatic rings. The first kappa shape index (κ1) is 11.4. The molecule has 1 N–H and O–H groups in total. The molecule has 76 valence electrons. The number of carbonyl (C=O) groups is 1. The molecular weight excluding hydrogens is 244 g/mol. The van der Waals surface area contributed by atoms with Gasteiger partial charge in [0.1, 0.15) is 0 Å². The number of ketones is 1. The van der Waals surface area contributed by atoms with Crippen molar-refractivity contribution < 1.29 is 9.90 Å². The van der Waals surface area contributed by atoms with Gasteiger partial charge in [0, 0.05) is 16.5 Å². The molecule has 0 radical (unpaired) electrons. The predicted octanol–water partition coefficient (Wildman–Crippen LogP) is 2.92. The maximum absolute atomic E-state index is 11.6. The van der Waals surface area contributed by atoms with Crippen LogP contribution in [-0.4, -0.2) is 10.9 Å².